The van der Waals surface area contributed by atoms with Crippen LogP contribution in [0.5, 0.6) is 0 Å². The van der Waals surface area contributed by atoms with E-state index in [0.717, 1.165) is 24.2 Å². The van der Waals surface area contributed by atoms with Gasteiger partial charge in [-0.05, 0) is 50.1 Å². The first-order valence-electron chi connectivity index (χ1n) is 6.92. The molecule has 3 heteroatoms. The second-order valence-electron chi connectivity index (χ2n) is 5.55. The van der Waals surface area contributed by atoms with Gasteiger partial charge in [0.1, 0.15) is 0 Å². The van der Waals surface area contributed by atoms with Crippen molar-refractivity contribution in [3.05, 3.63) is 47.0 Å². The first-order valence-corrected chi connectivity index (χ1v) is 7.30. The molecule has 2 nitrogen and oxygen atoms in total. The van der Waals surface area contributed by atoms with Crippen molar-refractivity contribution in [2.45, 2.75) is 31.8 Å². The second kappa shape index (κ2) is 6.56. The summed E-state index contributed by atoms with van der Waals surface area (Å²) in [5, 5.41) is 4.30. The summed E-state index contributed by atoms with van der Waals surface area (Å²) in [7, 11) is 2.13. The predicted molar refractivity (Wildman–Crippen MR) is 82.7 cm³/mol. The molecule has 1 aliphatic carbocycles. The summed E-state index contributed by atoms with van der Waals surface area (Å²) in [6.45, 7) is 8.20. The zero-order chi connectivity index (χ0) is 13.8. The molecule has 0 heterocycles. The molecule has 1 fully saturated rings. The molecule has 0 saturated heterocycles. The Labute approximate surface area is 121 Å². The van der Waals surface area contributed by atoms with Crippen LogP contribution in [-0.4, -0.2) is 31.1 Å². The minimum atomic E-state index is 0.344. The molecule has 0 aromatic heterocycles. The van der Waals surface area contributed by atoms with Gasteiger partial charge in [0.2, 0.25) is 0 Å². The molecular weight excluding hydrogens is 256 g/mol. The van der Waals surface area contributed by atoms with Crippen molar-refractivity contribution in [1.82, 2.24) is 10.2 Å². The zero-order valence-electron chi connectivity index (χ0n) is 11.8. The SMILES string of the molecule is C=C(CNC1CC1)CN(C)C(C)c1cccc(Cl)c1. The Balaban J connectivity index is 1.83. The van der Waals surface area contributed by atoms with Crippen molar-refractivity contribution in [1.29, 1.82) is 0 Å². The van der Waals surface area contributed by atoms with E-state index in [1.54, 1.807) is 0 Å². The average Bonchev–Trinajstić information content (AvgIpc) is 3.19. The molecule has 0 radical (unpaired) electrons. The monoisotopic (exact) mass is 278 g/mol. The van der Waals surface area contributed by atoms with Crippen LogP contribution in [0.2, 0.25) is 5.02 Å². The molecule has 0 bridgehead atoms. The van der Waals surface area contributed by atoms with Crippen molar-refractivity contribution in [2.75, 3.05) is 20.1 Å². The highest BCUT2D eigenvalue weighted by molar-refractivity contribution is 6.30. The minimum Gasteiger partial charge on any atom is -0.310 e. The Kier molecular flexibility index (Phi) is 5.03. The van der Waals surface area contributed by atoms with E-state index in [1.807, 2.05) is 18.2 Å². The normalized spacial score (nSPS) is 16.6. The van der Waals surface area contributed by atoms with Crippen LogP contribution in [0, 0.1) is 0 Å². The Morgan fingerprint density at radius 2 is 2.26 bits per heavy atom. The molecule has 104 valence electrons. The number of benzene rings is 1. The molecule has 1 aliphatic rings. The van der Waals surface area contributed by atoms with Gasteiger partial charge in [-0.25, -0.2) is 0 Å². The third kappa shape index (κ3) is 4.64. The number of rotatable bonds is 7. The largest absolute Gasteiger partial charge is 0.310 e. The molecule has 0 amide bonds. The van der Waals surface area contributed by atoms with Crippen LogP contribution in [0.1, 0.15) is 31.4 Å². The standard InChI is InChI=1S/C16H23ClN2/c1-12(10-18-16-7-8-16)11-19(3)13(2)14-5-4-6-15(17)9-14/h4-6,9,13,16,18H,1,7-8,10-11H2,2-3H3. The summed E-state index contributed by atoms with van der Waals surface area (Å²) in [6.07, 6.45) is 2.64. The lowest BCUT2D eigenvalue weighted by atomic mass is 10.1. The van der Waals surface area contributed by atoms with E-state index in [0.29, 0.717) is 6.04 Å². The number of nitrogens with one attached hydrogen (secondary N) is 1. The van der Waals surface area contributed by atoms with Crippen LogP contribution in [0.4, 0.5) is 0 Å². The lowest BCUT2D eigenvalue weighted by Gasteiger charge is -2.26. The molecule has 2 rings (SSSR count). The summed E-state index contributed by atoms with van der Waals surface area (Å²) in [5.41, 5.74) is 2.49. The first kappa shape index (κ1) is 14.6. The van der Waals surface area contributed by atoms with Crippen LogP contribution in [-0.2, 0) is 0 Å². The molecule has 1 saturated carbocycles. The number of halogens is 1. The fourth-order valence-corrected chi connectivity index (χ4v) is 2.34. The van der Waals surface area contributed by atoms with Gasteiger partial charge < -0.3 is 5.32 Å². The minimum absolute atomic E-state index is 0.344. The van der Waals surface area contributed by atoms with E-state index in [1.165, 1.54) is 24.0 Å². The van der Waals surface area contributed by atoms with Crippen LogP contribution in [0.25, 0.3) is 0 Å². The summed E-state index contributed by atoms with van der Waals surface area (Å²) in [6, 6.07) is 9.16. The van der Waals surface area contributed by atoms with Gasteiger partial charge in [0.25, 0.3) is 0 Å². The van der Waals surface area contributed by atoms with E-state index in [9.17, 15) is 0 Å². The van der Waals surface area contributed by atoms with E-state index >= 15 is 0 Å². The van der Waals surface area contributed by atoms with Gasteiger partial charge in [0.05, 0.1) is 0 Å². The molecule has 0 spiro atoms. The molecule has 1 unspecified atom stereocenters. The number of hydrogen-bond donors (Lipinski definition) is 1. The molecule has 0 aliphatic heterocycles. The highest BCUT2D eigenvalue weighted by atomic mass is 35.5. The summed E-state index contributed by atoms with van der Waals surface area (Å²) >= 11 is 6.04. The number of likely N-dealkylation sites (N-methyl/N-ethyl adjacent to an activating group) is 1. The lowest BCUT2D eigenvalue weighted by molar-refractivity contribution is 0.281. The number of nitrogens with zero attached hydrogens (tertiary/aromatic N) is 1. The Morgan fingerprint density at radius 3 is 2.89 bits per heavy atom. The Bertz CT molecular complexity index is 440. The van der Waals surface area contributed by atoms with Gasteiger partial charge >= 0.3 is 0 Å². The topological polar surface area (TPSA) is 15.3 Å². The fourth-order valence-electron chi connectivity index (χ4n) is 2.14. The maximum absolute atomic E-state index is 6.04. The van der Waals surface area contributed by atoms with E-state index in [-0.39, 0.29) is 0 Å². The third-order valence-corrected chi connectivity index (χ3v) is 3.92. The molecular formula is C16H23ClN2. The third-order valence-electron chi connectivity index (χ3n) is 3.68. The maximum atomic E-state index is 6.04. The Morgan fingerprint density at radius 1 is 1.53 bits per heavy atom. The van der Waals surface area contributed by atoms with Gasteiger partial charge in [-0.2, -0.15) is 0 Å². The highest BCUT2D eigenvalue weighted by Gasteiger charge is 2.20. The van der Waals surface area contributed by atoms with Crippen LogP contribution in [0.15, 0.2) is 36.4 Å². The molecule has 1 aromatic carbocycles. The lowest BCUT2D eigenvalue weighted by Crippen LogP contribution is -2.29. The average molecular weight is 279 g/mol. The smallest absolute Gasteiger partial charge is 0.0409 e. The Hall–Kier alpha value is -0.830. The summed E-state index contributed by atoms with van der Waals surface area (Å²) < 4.78 is 0. The molecule has 1 N–H and O–H groups in total. The fraction of sp³-hybridized carbons (Fsp3) is 0.500. The quantitative estimate of drug-likeness (QED) is 0.766. The van der Waals surface area contributed by atoms with Crippen molar-refractivity contribution in [3.8, 4) is 0 Å². The van der Waals surface area contributed by atoms with Crippen molar-refractivity contribution < 1.29 is 0 Å². The van der Waals surface area contributed by atoms with Gasteiger partial charge in [0.15, 0.2) is 0 Å². The first-order chi connectivity index (χ1) is 9.06. The van der Waals surface area contributed by atoms with Crippen LogP contribution < -0.4 is 5.32 Å². The number of hydrogen-bond acceptors (Lipinski definition) is 2. The highest BCUT2D eigenvalue weighted by Crippen LogP contribution is 2.22. The van der Waals surface area contributed by atoms with E-state index < -0.39 is 0 Å². The van der Waals surface area contributed by atoms with Crippen LogP contribution in [0.3, 0.4) is 0 Å². The molecule has 19 heavy (non-hydrogen) atoms. The van der Waals surface area contributed by atoms with Gasteiger partial charge in [-0.15, -0.1) is 0 Å². The predicted octanol–water partition coefficient (Wildman–Crippen LogP) is 3.64. The van der Waals surface area contributed by atoms with Gasteiger partial charge in [-0.3, -0.25) is 4.90 Å². The maximum Gasteiger partial charge on any atom is 0.0409 e. The second-order valence-corrected chi connectivity index (χ2v) is 5.99. The van der Waals surface area contributed by atoms with Gasteiger partial charge in [-0.1, -0.05) is 30.3 Å². The van der Waals surface area contributed by atoms with Crippen LogP contribution >= 0.6 is 11.6 Å². The summed E-state index contributed by atoms with van der Waals surface area (Å²) in [4.78, 5) is 2.31. The van der Waals surface area contributed by atoms with Crippen molar-refractivity contribution in [3.63, 3.8) is 0 Å². The van der Waals surface area contributed by atoms with Gasteiger partial charge in [0, 0.05) is 30.2 Å². The van der Waals surface area contributed by atoms with E-state index in [2.05, 4.69) is 36.8 Å². The van der Waals surface area contributed by atoms with Crippen molar-refractivity contribution in [2.24, 2.45) is 0 Å². The van der Waals surface area contributed by atoms with E-state index in [4.69, 9.17) is 11.6 Å². The zero-order valence-corrected chi connectivity index (χ0v) is 12.6. The molecule has 1 aromatic rings. The van der Waals surface area contributed by atoms with Crippen molar-refractivity contribution >= 4 is 11.6 Å². The summed E-state index contributed by atoms with van der Waals surface area (Å²) in [5.74, 6) is 0. The molecule has 1 atom stereocenters.